The van der Waals surface area contributed by atoms with Crippen molar-refractivity contribution in [2.45, 2.75) is 144 Å². The van der Waals surface area contributed by atoms with Gasteiger partial charge in [-0.25, -0.2) is 0 Å². The number of carbonyl (C=O) groups is 1. The van der Waals surface area contributed by atoms with E-state index in [-0.39, 0.29) is 51.3 Å². The highest BCUT2D eigenvalue weighted by Crippen LogP contribution is 2.55. The van der Waals surface area contributed by atoms with Gasteiger partial charge in [-0.15, -0.1) is 0 Å². The van der Waals surface area contributed by atoms with E-state index < -0.39 is 0 Å². The van der Waals surface area contributed by atoms with E-state index in [0.29, 0.717) is 40.7 Å². The second-order valence-corrected chi connectivity index (χ2v) is 23.1. The lowest BCUT2D eigenvalue weighted by Gasteiger charge is -2.27. The van der Waals surface area contributed by atoms with Gasteiger partial charge in [-0.3, -0.25) is 4.79 Å². The number of benzene rings is 5. The van der Waals surface area contributed by atoms with E-state index in [1.54, 1.807) is 12.1 Å². The number of hydrogen-bond acceptors (Lipinski definition) is 9. The molecule has 0 radical (unpaired) electrons. The van der Waals surface area contributed by atoms with Gasteiger partial charge in [-0.2, -0.15) is 0 Å². The molecule has 0 atom stereocenters. The number of rotatable bonds is 4. The van der Waals surface area contributed by atoms with Gasteiger partial charge >= 0.3 is 0 Å². The zero-order valence-electron chi connectivity index (χ0n) is 35.0. The average Bonchev–Trinajstić information content (AvgIpc) is 3.10. The quantitative estimate of drug-likeness (QED) is 0.150. The fourth-order valence-electron chi connectivity index (χ4n) is 6.14. The second kappa shape index (κ2) is 15.9. The number of ether oxygens (including phenoxy) is 1. The molecule has 0 saturated heterocycles. The smallest absolute Gasteiger partial charge is 0.200 e. The number of aromatic hydroxyl groups is 3. The lowest BCUT2D eigenvalue weighted by atomic mass is 9.87. The predicted molar refractivity (Wildman–Crippen MR) is 238 cm³/mol. The molecule has 6 rings (SSSR count). The normalized spacial score (nSPS) is 13.7. The van der Waals surface area contributed by atoms with Crippen molar-refractivity contribution < 1.29 is 24.9 Å². The Morgan fingerprint density at radius 1 is 0.456 bits per heavy atom. The number of phenols is 3. The molecule has 0 fully saturated rings. The topological polar surface area (TPSA) is 87.0 Å². The van der Waals surface area contributed by atoms with Crippen LogP contribution in [0.25, 0.3) is 0 Å². The van der Waals surface area contributed by atoms with Crippen LogP contribution in [0.15, 0.2) is 118 Å². The molecule has 0 unspecified atom stereocenters. The lowest BCUT2D eigenvalue weighted by Crippen LogP contribution is -2.15. The third kappa shape index (κ3) is 9.65. The minimum Gasteiger partial charge on any atom is -0.506 e. The molecule has 1 aliphatic rings. The number of hydrogen-bond donors (Lipinski definition) is 3. The van der Waals surface area contributed by atoms with Crippen LogP contribution in [0.2, 0.25) is 0 Å². The summed E-state index contributed by atoms with van der Waals surface area (Å²) < 4.78 is 6.61. The molecule has 0 aromatic heterocycles. The van der Waals surface area contributed by atoms with Gasteiger partial charge < -0.3 is 20.1 Å². The molecule has 9 heteroatoms. The highest BCUT2D eigenvalue weighted by molar-refractivity contribution is 8.01. The number of carbonyl (C=O) groups excluding carboxylic acids is 1. The Bertz CT molecular complexity index is 2220. The maximum atomic E-state index is 13.6. The molecule has 0 aliphatic carbocycles. The van der Waals surface area contributed by atoms with Gasteiger partial charge in [0.05, 0.1) is 39.2 Å². The summed E-state index contributed by atoms with van der Waals surface area (Å²) in [5.74, 6) is 0.621. The van der Waals surface area contributed by atoms with Gasteiger partial charge in [0.25, 0.3) is 0 Å². The Hall–Kier alpha value is -3.63. The van der Waals surface area contributed by atoms with Crippen LogP contribution in [0.4, 0.5) is 0 Å². The van der Waals surface area contributed by atoms with Crippen molar-refractivity contribution >= 4 is 52.8 Å². The molecule has 5 aromatic rings. The second-order valence-electron chi connectivity index (χ2n) is 18.8. The Labute approximate surface area is 355 Å². The Morgan fingerprint density at radius 3 is 1.00 bits per heavy atom. The molecule has 5 nitrogen and oxygen atoms in total. The summed E-state index contributed by atoms with van der Waals surface area (Å²) in [5.41, 5.74) is 3.58. The van der Waals surface area contributed by atoms with Gasteiger partial charge in [-0.05, 0) is 92.4 Å². The van der Waals surface area contributed by atoms with Crippen molar-refractivity contribution in [2.24, 2.45) is 0 Å². The van der Waals surface area contributed by atoms with Crippen molar-refractivity contribution in [1.82, 2.24) is 0 Å². The van der Waals surface area contributed by atoms with E-state index in [1.807, 2.05) is 54.6 Å². The maximum Gasteiger partial charge on any atom is 0.200 e. The van der Waals surface area contributed by atoms with Gasteiger partial charge in [0.1, 0.15) is 23.0 Å². The first-order chi connectivity index (χ1) is 26.4. The van der Waals surface area contributed by atoms with Crippen LogP contribution >= 0.6 is 47.0 Å². The number of ketones is 1. The highest BCUT2D eigenvalue weighted by atomic mass is 32.2. The molecule has 0 spiro atoms. The van der Waals surface area contributed by atoms with Crippen LogP contribution in [-0.2, 0) is 21.7 Å². The van der Waals surface area contributed by atoms with Crippen LogP contribution in [0.5, 0.6) is 23.0 Å². The summed E-state index contributed by atoms with van der Waals surface area (Å²) in [6, 6.07) is 25.4. The van der Waals surface area contributed by atoms with Crippen molar-refractivity contribution in [3.8, 4) is 23.0 Å². The third-order valence-electron chi connectivity index (χ3n) is 9.93. The average molecular weight is 839 g/mol. The summed E-state index contributed by atoms with van der Waals surface area (Å²) in [4.78, 5) is 18.7. The molecule has 0 amide bonds. The molecular formula is C48H54O5S4. The van der Waals surface area contributed by atoms with Crippen LogP contribution in [0.3, 0.4) is 0 Å². The Balaban J connectivity index is 1.68. The van der Waals surface area contributed by atoms with E-state index in [2.05, 4.69) is 95.2 Å². The van der Waals surface area contributed by atoms with Gasteiger partial charge in [-0.1, -0.05) is 160 Å². The fourth-order valence-corrected chi connectivity index (χ4v) is 10.6. The van der Waals surface area contributed by atoms with Crippen molar-refractivity contribution in [3.05, 3.63) is 107 Å². The van der Waals surface area contributed by atoms with E-state index >= 15 is 0 Å². The van der Waals surface area contributed by atoms with E-state index in [0.717, 1.165) is 32.0 Å². The summed E-state index contributed by atoms with van der Waals surface area (Å²) in [7, 11) is 0. The first kappa shape index (κ1) is 43.0. The maximum absolute atomic E-state index is 13.6. The molecule has 0 saturated carbocycles. The minimum absolute atomic E-state index is 0.0911. The van der Waals surface area contributed by atoms with E-state index in [4.69, 9.17) is 4.74 Å². The van der Waals surface area contributed by atoms with E-state index in [1.165, 1.54) is 47.0 Å². The van der Waals surface area contributed by atoms with Crippen LogP contribution < -0.4 is 4.74 Å². The summed E-state index contributed by atoms with van der Waals surface area (Å²) in [6.45, 7) is 25.5. The first-order valence-electron chi connectivity index (χ1n) is 19.1. The Morgan fingerprint density at radius 2 is 0.719 bits per heavy atom. The zero-order chi connectivity index (χ0) is 41.8. The standard InChI is InChI=1S/C48H54O5S4/c1-45(2,3)28-18-33-41(50)34(19-28)55-36-21-30(47(7,8)9)23-38(43(36)52)57-40-25-31(48(10,11)12)24-39(44(40)53-26-32(49)27-16-14-13-15-17-27)56-37-22-29(46(4,5)6)20-35(54-33)42(37)51/h13-25,50-52H,26H2,1-12H3. The molecule has 1 aliphatic heterocycles. The summed E-state index contributed by atoms with van der Waals surface area (Å²) in [5, 5.41) is 36.4. The van der Waals surface area contributed by atoms with E-state index in [9.17, 15) is 20.1 Å². The molecule has 300 valence electrons. The van der Waals surface area contributed by atoms with Gasteiger partial charge in [0.15, 0.2) is 12.4 Å². The molecule has 57 heavy (non-hydrogen) atoms. The fraction of sp³-hybridized carbons (Fsp3) is 0.354. The lowest BCUT2D eigenvalue weighted by molar-refractivity contribution is 0.0917. The zero-order valence-corrected chi connectivity index (χ0v) is 38.3. The van der Waals surface area contributed by atoms with Gasteiger partial charge in [0.2, 0.25) is 0 Å². The molecular weight excluding hydrogens is 785 g/mol. The summed E-state index contributed by atoms with van der Waals surface area (Å²) >= 11 is 5.45. The molecule has 8 bridgehead atoms. The van der Waals surface area contributed by atoms with Crippen molar-refractivity contribution in [1.29, 1.82) is 0 Å². The van der Waals surface area contributed by atoms with Crippen LogP contribution in [0, 0.1) is 0 Å². The van der Waals surface area contributed by atoms with Gasteiger partial charge in [0, 0.05) is 5.56 Å². The summed E-state index contributed by atoms with van der Waals surface area (Å²) in [6.07, 6.45) is 0. The monoisotopic (exact) mass is 838 g/mol. The Kier molecular flexibility index (Phi) is 11.9. The highest BCUT2D eigenvalue weighted by Gasteiger charge is 2.29. The first-order valence-corrected chi connectivity index (χ1v) is 22.4. The molecule has 5 aromatic carbocycles. The number of phenolic OH excluding ortho intramolecular Hbond substituents is 3. The van der Waals surface area contributed by atoms with Crippen LogP contribution in [-0.4, -0.2) is 27.7 Å². The number of fused-ring (bicyclic) bond motifs is 8. The third-order valence-corrected chi connectivity index (χ3v) is 14.2. The van der Waals surface area contributed by atoms with Crippen LogP contribution in [0.1, 0.15) is 116 Å². The molecule has 3 N–H and O–H groups in total. The largest absolute Gasteiger partial charge is 0.506 e. The molecule has 1 heterocycles. The van der Waals surface area contributed by atoms with Crippen molar-refractivity contribution in [2.75, 3.05) is 6.61 Å². The number of Topliss-reactive ketones (excluding diaryl/α,β-unsaturated/α-hetero) is 1. The van der Waals surface area contributed by atoms with Crippen molar-refractivity contribution in [3.63, 3.8) is 0 Å². The SMILES string of the molecule is CC(C)(C)c1cc2c(O)c(c1)Sc1cc(C(C)(C)C)cc(c1O)Sc1cc(C(C)(C)C)cc(c1OCC(=O)c1ccccc1)Sc1cc(C(C)(C)C)cc(c1O)S2. The predicted octanol–water partition coefficient (Wildman–Crippen LogP) is 14.2. The minimum atomic E-state index is -0.276.